The third-order valence-electron chi connectivity index (χ3n) is 6.50. The van der Waals surface area contributed by atoms with Crippen LogP contribution in [0.2, 0.25) is 0 Å². The van der Waals surface area contributed by atoms with Crippen molar-refractivity contribution in [2.45, 2.75) is 51.1 Å². The van der Waals surface area contributed by atoms with Crippen LogP contribution in [0, 0.1) is 23.5 Å². The lowest BCUT2D eigenvalue weighted by molar-refractivity contribution is -0.0498. The van der Waals surface area contributed by atoms with Gasteiger partial charge in [-0.25, -0.2) is 8.78 Å². The SMILES string of the molecule is CC=C[C@@H]1CC[C@H]2c3cc(F)cc(F)c3CC[C@@H]2[C@H]1c1ccc(OC(F)F)cc1. The summed E-state index contributed by atoms with van der Waals surface area (Å²) in [5.74, 6) is -0.000466. The van der Waals surface area contributed by atoms with E-state index < -0.39 is 18.2 Å². The Morgan fingerprint density at radius 2 is 1.79 bits per heavy atom. The molecule has 4 atom stereocenters. The van der Waals surface area contributed by atoms with Gasteiger partial charge in [0.1, 0.15) is 17.4 Å². The van der Waals surface area contributed by atoms with Crippen LogP contribution < -0.4 is 4.74 Å². The molecule has 0 amide bonds. The second kappa shape index (κ2) is 8.21. The van der Waals surface area contributed by atoms with Crippen LogP contribution in [0.1, 0.15) is 54.7 Å². The van der Waals surface area contributed by atoms with Crippen molar-refractivity contribution in [3.05, 3.63) is 76.9 Å². The molecule has 0 unspecified atom stereocenters. The molecule has 1 fully saturated rings. The third-order valence-corrected chi connectivity index (χ3v) is 6.50. The zero-order chi connectivity index (χ0) is 20.5. The van der Waals surface area contributed by atoms with Crippen LogP contribution in [0.4, 0.5) is 17.6 Å². The molecule has 0 radical (unpaired) electrons. The van der Waals surface area contributed by atoms with Gasteiger partial charge in [0.2, 0.25) is 0 Å². The van der Waals surface area contributed by atoms with Gasteiger partial charge in [-0.1, -0.05) is 24.3 Å². The number of benzene rings is 2. The monoisotopic (exact) mass is 404 g/mol. The smallest absolute Gasteiger partial charge is 0.387 e. The minimum atomic E-state index is -2.85. The molecule has 1 saturated carbocycles. The van der Waals surface area contributed by atoms with Crippen molar-refractivity contribution in [1.82, 2.24) is 0 Å². The summed E-state index contributed by atoms with van der Waals surface area (Å²) < 4.78 is 57.7. The van der Waals surface area contributed by atoms with Crippen molar-refractivity contribution in [3.63, 3.8) is 0 Å². The summed E-state index contributed by atoms with van der Waals surface area (Å²) in [5.41, 5.74) is 2.52. The molecule has 5 heteroatoms. The number of alkyl halides is 2. The van der Waals surface area contributed by atoms with Crippen molar-refractivity contribution in [3.8, 4) is 5.75 Å². The summed E-state index contributed by atoms with van der Waals surface area (Å²) in [4.78, 5) is 0. The summed E-state index contributed by atoms with van der Waals surface area (Å²) in [6.45, 7) is -0.862. The molecule has 0 N–H and O–H groups in total. The highest BCUT2D eigenvalue weighted by molar-refractivity contribution is 5.39. The van der Waals surface area contributed by atoms with E-state index in [0.29, 0.717) is 17.9 Å². The zero-order valence-electron chi connectivity index (χ0n) is 16.3. The topological polar surface area (TPSA) is 9.23 Å². The lowest BCUT2D eigenvalue weighted by Gasteiger charge is -2.46. The summed E-state index contributed by atoms with van der Waals surface area (Å²) in [6.07, 6.45) is 7.47. The zero-order valence-corrected chi connectivity index (χ0v) is 16.3. The van der Waals surface area contributed by atoms with Gasteiger partial charge in [0.15, 0.2) is 0 Å². The van der Waals surface area contributed by atoms with E-state index in [1.165, 1.54) is 6.07 Å². The Balaban J connectivity index is 1.70. The van der Waals surface area contributed by atoms with Gasteiger partial charge in [-0.05, 0) is 91.2 Å². The first kappa shape index (κ1) is 20.0. The first-order valence-electron chi connectivity index (χ1n) is 10.1. The van der Waals surface area contributed by atoms with Crippen molar-refractivity contribution in [2.75, 3.05) is 0 Å². The van der Waals surface area contributed by atoms with Gasteiger partial charge in [-0.2, -0.15) is 8.78 Å². The lowest BCUT2D eigenvalue weighted by atomic mass is 9.58. The van der Waals surface area contributed by atoms with E-state index in [0.717, 1.165) is 36.5 Å². The Hall–Kier alpha value is -2.30. The standard InChI is InChI=1S/C24H24F4O/c1-2-3-14-6-9-18-20(11-10-19-21(18)12-16(25)13-22(19)26)23(14)15-4-7-17(8-5-15)29-24(27)28/h2-5,7-8,12-14,18,20,23-24H,6,9-11H2,1H3/t14-,18-,20+,23-/m1/s1. The second-order valence-corrected chi connectivity index (χ2v) is 8.00. The van der Waals surface area contributed by atoms with Crippen LogP contribution in [0.15, 0.2) is 48.6 Å². The maximum atomic E-state index is 14.3. The molecule has 2 aromatic rings. The Kier molecular flexibility index (Phi) is 5.66. The average Bonchev–Trinajstić information content (AvgIpc) is 2.68. The predicted octanol–water partition coefficient (Wildman–Crippen LogP) is 6.98. The number of hydrogen-bond acceptors (Lipinski definition) is 1. The molecule has 0 bridgehead atoms. The fraction of sp³-hybridized carbons (Fsp3) is 0.417. The van der Waals surface area contributed by atoms with Gasteiger partial charge < -0.3 is 4.74 Å². The van der Waals surface area contributed by atoms with Gasteiger partial charge in [0.05, 0.1) is 0 Å². The summed E-state index contributed by atoms with van der Waals surface area (Å²) in [5, 5.41) is 0. The molecule has 29 heavy (non-hydrogen) atoms. The fourth-order valence-electron chi connectivity index (χ4n) is 5.46. The number of ether oxygens (including phenoxy) is 1. The van der Waals surface area contributed by atoms with Crippen LogP contribution in [0.3, 0.4) is 0 Å². The van der Waals surface area contributed by atoms with E-state index in [1.807, 2.05) is 25.1 Å². The highest BCUT2D eigenvalue weighted by Crippen LogP contribution is 2.54. The van der Waals surface area contributed by atoms with Crippen LogP contribution in [-0.4, -0.2) is 6.61 Å². The number of hydrogen-bond donors (Lipinski definition) is 0. The van der Waals surface area contributed by atoms with Gasteiger partial charge in [-0.3, -0.25) is 0 Å². The fourth-order valence-corrected chi connectivity index (χ4v) is 5.46. The first-order chi connectivity index (χ1) is 14.0. The summed E-state index contributed by atoms with van der Waals surface area (Å²) >= 11 is 0. The molecule has 0 spiro atoms. The van der Waals surface area contributed by atoms with Crippen molar-refractivity contribution in [2.24, 2.45) is 11.8 Å². The van der Waals surface area contributed by atoms with Crippen LogP contribution in [0.5, 0.6) is 5.75 Å². The number of halogens is 4. The summed E-state index contributed by atoms with van der Waals surface area (Å²) in [7, 11) is 0. The normalized spacial score (nSPS) is 26.4. The number of rotatable bonds is 4. The predicted molar refractivity (Wildman–Crippen MR) is 104 cm³/mol. The van der Waals surface area contributed by atoms with E-state index in [2.05, 4.69) is 10.8 Å². The Labute approximate surface area is 168 Å². The minimum absolute atomic E-state index is 0.104. The second-order valence-electron chi connectivity index (χ2n) is 8.00. The molecule has 154 valence electrons. The van der Waals surface area contributed by atoms with Gasteiger partial charge in [-0.15, -0.1) is 0 Å². The molecule has 0 aliphatic heterocycles. The van der Waals surface area contributed by atoms with Crippen molar-refractivity contribution in [1.29, 1.82) is 0 Å². The van der Waals surface area contributed by atoms with Gasteiger partial charge >= 0.3 is 6.61 Å². The third kappa shape index (κ3) is 3.92. The van der Waals surface area contributed by atoms with Crippen LogP contribution >= 0.6 is 0 Å². The molecule has 0 aromatic heterocycles. The molecular weight excluding hydrogens is 380 g/mol. The quantitative estimate of drug-likeness (QED) is 0.394. The van der Waals surface area contributed by atoms with Crippen molar-refractivity contribution < 1.29 is 22.3 Å². The average molecular weight is 404 g/mol. The van der Waals surface area contributed by atoms with E-state index in [-0.39, 0.29) is 23.5 Å². The van der Waals surface area contributed by atoms with Crippen molar-refractivity contribution >= 4 is 0 Å². The van der Waals surface area contributed by atoms with Crippen LogP contribution in [0.25, 0.3) is 0 Å². The van der Waals surface area contributed by atoms with Gasteiger partial charge in [0, 0.05) is 6.07 Å². The van der Waals surface area contributed by atoms with E-state index in [4.69, 9.17) is 0 Å². The highest BCUT2D eigenvalue weighted by Gasteiger charge is 2.43. The molecule has 1 nitrogen and oxygen atoms in total. The molecule has 2 aliphatic rings. The van der Waals surface area contributed by atoms with Crippen LogP contribution in [-0.2, 0) is 6.42 Å². The number of fused-ring (bicyclic) bond motifs is 3. The lowest BCUT2D eigenvalue weighted by Crippen LogP contribution is -2.35. The highest BCUT2D eigenvalue weighted by atomic mass is 19.3. The molecule has 2 aromatic carbocycles. The Bertz CT molecular complexity index is 890. The molecule has 0 heterocycles. The van der Waals surface area contributed by atoms with E-state index >= 15 is 0 Å². The minimum Gasteiger partial charge on any atom is -0.435 e. The van der Waals surface area contributed by atoms with E-state index in [1.54, 1.807) is 12.1 Å². The van der Waals surface area contributed by atoms with E-state index in [9.17, 15) is 17.6 Å². The molecular formula is C24H24F4O. The number of allylic oxidation sites excluding steroid dienone is 2. The largest absolute Gasteiger partial charge is 0.435 e. The maximum Gasteiger partial charge on any atom is 0.387 e. The molecule has 4 rings (SSSR count). The van der Waals surface area contributed by atoms with Gasteiger partial charge in [0.25, 0.3) is 0 Å². The Morgan fingerprint density at radius 1 is 1.03 bits per heavy atom. The Morgan fingerprint density at radius 3 is 2.48 bits per heavy atom. The first-order valence-corrected chi connectivity index (χ1v) is 10.1. The summed E-state index contributed by atoms with van der Waals surface area (Å²) in [6, 6.07) is 9.33. The molecule has 0 saturated heterocycles. The maximum absolute atomic E-state index is 14.3. The molecule has 2 aliphatic carbocycles.